The van der Waals surface area contributed by atoms with Crippen molar-refractivity contribution in [3.63, 3.8) is 0 Å². The molecule has 5 heteroatoms. The number of aromatic nitrogens is 4. The van der Waals surface area contributed by atoms with Crippen LogP contribution in [-0.2, 0) is 6.54 Å². The van der Waals surface area contributed by atoms with E-state index in [4.69, 9.17) is 4.74 Å². The van der Waals surface area contributed by atoms with E-state index < -0.39 is 0 Å². The minimum absolute atomic E-state index is 0.619. The van der Waals surface area contributed by atoms with Gasteiger partial charge in [-0.1, -0.05) is 18.2 Å². The Balaban J connectivity index is 1.75. The number of hydrogen-bond acceptors (Lipinski definition) is 4. The number of rotatable bonds is 4. The maximum Gasteiger partial charge on any atom is 0.119 e. The van der Waals surface area contributed by atoms with Gasteiger partial charge in [0.2, 0.25) is 0 Å². The Morgan fingerprint density at radius 2 is 1.92 bits per heavy atom. The van der Waals surface area contributed by atoms with Crippen LogP contribution in [0.5, 0.6) is 5.75 Å². The molecule has 118 valence electrons. The van der Waals surface area contributed by atoms with Crippen LogP contribution in [0.1, 0.15) is 5.69 Å². The van der Waals surface area contributed by atoms with Crippen LogP contribution in [0.2, 0.25) is 0 Å². The fourth-order valence-corrected chi connectivity index (χ4v) is 2.69. The zero-order valence-corrected chi connectivity index (χ0v) is 13.3. The van der Waals surface area contributed by atoms with Crippen molar-refractivity contribution < 1.29 is 4.74 Å². The Bertz CT molecular complexity index is 979. The quantitative estimate of drug-likeness (QED) is 0.578. The normalized spacial score (nSPS) is 10.9. The van der Waals surface area contributed by atoms with Gasteiger partial charge in [0, 0.05) is 18.0 Å². The van der Waals surface area contributed by atoms with Gasteiger partial charge in [-0.3, -0.25) is 14.6 Å². The monoisotopic (exact) mass is 316 g/mol. The molecule has 5 nitrogen and oxygen atoms in total. The second-order valence-corrected chi connectivity index (χ2v) is 5.48. The third-order valence-corrected chi connectivity index (χ3v) is 3.94. The van der Waals surface area contributed by atoms with Gasteiger partial charge in [0.15, 0.2) is 0 Å². The smallest absolute Gasteiger partial charge is 0.119 e. The summed E-state index contributed by atoms with van der Waals surface area (Å²) < 4.78 is 7.23. The van der Waals surface area contributed by atoms with Gasteiger partial charge in [-0.25, -0.2) is 0 Å². The summed E-state index contributed by atoms with van der Waals surface area (Å²) in [6, 6.07) is 15.9. The fourth-order valence-electron chi connectivity index (χ4n) is 2.69. The molecule has 1 aromatic carbocycles. The first-order valence-electron chi connectivity index (χ1n) is 7.69. The summed E-state index contributed by atoms with van der Waals surface area (Å²) in [6.07, 6.45) is 5.44. The largest absolute Gasteiger partial charge is 0.497 e. The molecule has 0 aliphatic carbocycles. The number of methoxy groups -OCH3 is 1. The van der Waals surface area contributed by atoms with Gasteiger partial charge < -0.3 is 4.74 Å². The van der Waals surface area contributed by atoms with Gasteiger partial charge >= 0.3 is 0 Å². The summed E-state index contributed by atoms with van der Waals surface area (Å²) in [6.45, 7) is 0.619. The number of fused-ring (bicyclic) bond motifs is 1. The van der Waals surface area contributed by atoms with Crippen LogP contribution < -0.4 is 4.74 Å². The van der Waals surface area contributed by atoms with E-state index in [-0.39, 0.29) is 0 Å². The summed E-state index contributed by atoms with van der Waals surface area (Å²) in [4.78, 5) is 8.90. The summed E-state index contributed by atoms with van der Waals surface area (Å²) in [5.41, 5.74) is 4.92. The van der Waals surface area contributed by atoms with Crippen LogP contribution >= 0.6 is 0 Å². The first-order valence-corrected chi connectivity index (χ1v) is 7.69. The zero-order valence-electron chi connectivity index (χ0n) is 13.3. The number of benzene rings is 1. The highest BCUT2D eigenvalue weighted by atomic mass is 16.5. The van der Waals surface area contributed by atoms with Crippen LogP contribution in [-0.4, -0.2) is 26.9 Å². The molecule has 24 heavy (non-hydrogen) atoms. The topological polar surface area (TPSA) is 52.8 Å². The lowest BCUT2D eigenvalue weighted by atomic mass is 10.1. The Morgan fingerprint density at radius 3 is 2.75 bits per heavy atom. The third kappa shape index (κ3) is 2.72. The fraction of sp³-hybridized carbons (Fsp3) is 0.105. The van der Waals surface area contributed by atoms with Gasteiger partial charge in [-0.15, -0.1) is 0 Å². The number of nitrogens with zero attached hydrogens (tertiary/aromatic N) is 4. The van der Waals surface area contributed by atoms with Crippen molar-refractivity contribution in [1.82, 2.24) is 19.7 Å². The van der Waals surface area contributed by atoms with Crippen molar-refractivity contribution in [3.8, 4) is 16.9 Å². The van der Waals surface area contributed by atoms with Crippen LogP contribution in [0.15, 0.2) is 67.1 Å². The minimum Gasteiger partial charge on any atom is -0.497 e. The van der Waals surface area contributed by atoms with Gasteiger partial charge in [0.1, 0.15) is 11.3 Å². The van der Waals surface area contributed by atoms with Crippen molar-refractivity contribution in [3.05, 3.63) is 72.8 Å². The molecule has 0 spiro atoms. The second kappa shape index (κ2) is 6.12. The molecule has 4 rings (SSSR count). The van der Waals surface area contributed by atoms with Crippen molar-refractivity contribution >= 4 is 11.0 Å². The van der Waals surface area contributed by atoms with E-state index in [1.165, 1.54) is 0 Å². The molecule has 3 heterocycles. The molecule has 0 aliphatic heterocycles. The molecular weight excluding hydrogens is 300 g/mol. The Kier molecular flexibility index (Phi) is 3.67. The summed E-state index contributed by atoms with van der Waals surface area (Å²) in [5, 5.41) is 4.45. The van der Waals surface area contributed by atoms with Gasteiger partial charge in [0.05, 0.1) is 31.1 Å². The minimum atomic E-state index is 0.619. The van der Waals surface area contributed by atoms with Gasteiger partial charge in [-0.2, -0.15) is 5.10 Å². The molecule has 0 bridgehead atoms. The summed E-state index contributed by atoms with van der Waals surface area (Å²) >= 11 is 0. The maximum atomic E-state index is 5.31. The number of pyridine rings is 2. The number of hydrogen-bond donors (Lipinski definition) is 0. The summed E-state index contributed by atoms with van der Waals surface area (Å²) in [7, 11) is 1.67. The van der Waals surface area contributed by atoms with E-state index in [2.05, 4.69) is 21.1 Å². The van der Waals surface area contributed by atoms with E-state index in [1.54, 1.807) is 19.5 Å². The molecule has 0 amide bonds. The highest BCUT2D eigenvalue weighted by Gasteiger charge is 2.08. The molecule has 0 atom stereocenters. The first kappa shape index (κ1) is 14.4. The lowest BCUT2D eigenvalue weighted by Crippen LogP contribution is -2.03. The van der Waals surface area contributed by atoms with E-state index in [9.17, 15) is 0 Å². The van der Waals surface area contributed by atoms with Crippen LogP contribution in [0.3, 0.4) is 0 Å². The van der Waals surface area contributed by atoms with Crippen LogP contribution in [0, 0.1) is 0 Å². The van der Waals surface area contributed by atoms with Crippen molar-refractivity contribution in [1.29, 1.82) is 0 Å². The maximum absolute atomic E-state index is 5.31. The predicted molar refractivity (Wildman–Crippen MR) is 92.9 cm³/mol. The van der Waals surface area contributed by atoms with Crippen molar-refractivity contribution in [2.45, 2.75) is 6.54 Å². The number of ether oxygens (including phenoxy) is 1. The molecule has 0 saturated heterocycles. The highest BCUT2D eigenvalue weighted by molar-refractivity contribution is 5.80. The van der Waals surface area contributed by atoms with Gasteiger partial charge in [0.25, 0.3) is 0 Å². The molecule has 0 fully saturated rings. The predicted octanol–water partition coefficient (Wildman–Crippen LogP) is 3.55. The molecule has 3 aromatic heterocycles. The zero-order chi connectivity index (χ0) is 16.4. The van der Waals surface area contributed by atoms with Gasteiger partial charge in [-0.05, 0) is 35.9 Å². The molecule has 0 radical (unpaired) electrons. The van der Waals surface area contributed by atoms with E-state index >= 15 is 0 Å². The molecule has 0 unspecified atom stereocenters. The Labute approximate surface area is 139 Å². The van der Waals surface area contributed by atoms with E-state index in [1.807, 2.05) is 53.3 Å². The molecule has 4 aromatic rings. The second-order valence-electron chi connectivity index (χ2n) is 5.48. The SMILES string of the molecule is COc1cccc(-c2cnc3cnn(Cc4ccccn4)c3c2)c1. The first-order chi connectivity index (χ1) is 11.8. The molecule has 0 saturated carbocycles. The van der Waals surface area contributed by atoms with Crippen LogP contribution in [0.25, 0.3) is 22.2 Å². The average Bonchev–Trinajstić information content (AvgIpc) is 3.05. The third-order valence-electron chi connectivity index (χ3n) is 3.94. The standard InChI is InChI=1S/C19H16N4O/c1-24-17-7-4-5-14(9-17)15-10-19-18(21-11-15)12-22-23(19)13-16-6-2-3-8-20-16/h2-12H,13H2,1H3. The van der Waals surface area contributed by atoms with E-state index in [0.29, 0.717) is 6.54 Å². The molecule has 0 N–H and O–H groups in total. The highest BCUT2D eigenvalue weighted by Crippen LogP contribution is 2.26. The summed E-state index contributed by atoms with van der Waals surface area (Å²) in [5.74, 6) is 0.828. The lowest BCUT2D eigenvalue weighted by molar-refractivity contribution is 0.415. The Morgan fingerprint density at radius 1 is 0.958 bits per heavy atom. The molecule has 0 aliphatic rings. The van der Waals surface area contributed by atoms with E-state index in [0.717, 1.165) is 33.6 Å². The molecular formula is C19H16N4O. The van der Waals surface area contributed by atoms with Crippen molar-refractivity contribution in [2.75, 3.05) is 7.11 Å². The Hall–Kier alpha value is -3.21. The lowest BCUT2D eigenvalue weighted by Gasteiger charge is -2.06. The van der Waals surface area contributed by atoms with Crippen LogP contribution in [0.4, 0.5) is 0 Å². The average molecular weight is 316 g/mol. The van der Waals surface area contributed by atoms with Crippen molar-refractivity contribution in [2.24, 2.45) is 0 Å².